The number of pyridine rings is 1. The van der Waals surface area contributed by atoms with E-state index in [0.29, 0.717) is 31.3 Å². The van der Waals surface area contributed by atoms with E-state index in [-0.39, 0.29) is 24.5 Å². The molecule has 2 fully saturated rings. The summed E-state index contributed by atoms with van der Waals surface area (Å²) in [5, 5.41) is 3.89. The Morgan fingerprint density at radius 1 is 1.43 bits per heavy atom. The summed E-state index contributed by atoms with van der Waals surface area (Å²) in [6.45, 7) is 5.22. The third-order valence-electron chi connectivity index (χ3n) is 6.16. The Morgan fingerprint density at radius 2 is 2.30 bits per heavy atom. The zero-order chi connectivity index (χ0) is 20.9. The number of fused-ring (bicyclic) bond motifs is 1. The van der Waals surface area contributed by atoms with E-state index in [4.69, 9.17) is 9.26 Å². The molecule has 4 atom stereocenters. The quantitative estimate of drug-likeness (QED) is 0.659. The highest BCUT2D eigenvalue weighted by Gasteiger charge is 2.67. The zero-order valence-electron chi connectivity index (χ0n) is 16.9. The Kier molecular flexibility index (Phi) is 4.43. The van der Waals surface area contributed by atoms with Crippen LogP contribution in [0.1, 0.15) is 24.2 Å². The minimum atomic E-state index is -0.730. The van der Waals surface area contributed by atoms with Gasteiger partial charge in [0, 0.05) is 32.4 Å². The monoisotopic (exact) mass is 409 g/mol. The summed E-state index contributed by atoms with van der Waals surface area (Å²) in [6.07, 6.45) is 6.96. The summed E-state index contributed by atoms with van der Waals surface area (Å²) < 4.78 is 11.2. The van der Waals surface area contributed by atoms with E-state index >= 15 is 0 Å². The van der Waals surface area contributed by atoms with Crippen molar-refractivity contribution in [3.63, 3.8) is 0 Å². The first-order valence-electron chi connectivity index (χ1n) is 10.1. The second-order valence-corrected chi connectivity index (χ2v) is 8.04. The summed E-state index contributed by atoms with van der Waals surface area (Å²) in [5.41, 5.74) is 0.221. The van der Waals surface area contributed by atoms with Crippen molar-refractivity contribution in [3.05, 3.63) is 54.0 Å². The molecule has 0 radical (unpaired) electrons. The van der Waals surface area contributed by atoms with E-state index in [9.17, 15) is 9.59 Å². The Balaban J connectivity index is 1.38. The molecule has 9 heteroatoms. The van der Waals surface area contributed by atoms with E-state index < -0.39 is 17.4 Å². The van der Waals surface area contributed by atoms with Gasteiger partial charge in [0.2, 0.25) is 17.7 Å². The minimum Gasteiger partial charge on any atom is -0.360 e. The first kappa shape index (κ1) is 18.9. The Hall–Kier alpha value is -3.07. The predicted octanol–water partition coefficient (Wildman–Crippen LogP) is 1.10. The highest BCUT2D eigenvalue weighted by atomic mass is 16.5. The molecule has 5 rings (SSSR count). The molecule has 2 amide bonds. The molecule has 3 aliphatic heterocycles. The summed E-state index contributed by atoms with van der Waals surface area (Å²) in [5.74, 6) is -0.316. The number of aromatic nitrogens is 3. The number of nitrogens with zero attached hydrogens (tertiary/aromatic N) is 5. The molecule has 5 heterocycles. The summed E-state index contributed by atoms with van der Waals surface area (Å²) >= 11 is 0. The Morgan fingerprint density at radius 3 is 3.00 bits per heavy atom. The molecule has 9 nitrogen and oxygen atoms in total. The van der Waals surface area contributed by atoms with Gasteiger partial charge in [-0.3, -0.25) is 14.6 Å². The average Bonchev–Trinajstić information content (AvgIpc) is 3.48. The van der Waals surface area contributed by atoms with Crippen LogP contribution in [0, 0.1) is 18.8 Å². The fraction of sp³-hybridized carbons (Fsp3) is 0.476. The standard InChI is InChI=1S/C21H23N5O4/c1-3-25(11-16-23-13(2)30-24-16)19(27)17-15-6-7-21(29-15)12-26(20(28)18(17)21)10-14-5-4-8-22-9-14/h4-9,15,17-18H,3,10-12H2,1-2H3/t15-,17?,18?,21-/m0/s1. The SMILES string of the molecule is CCN(Cc1noc(C)n1)C(=O)C1C2C(=O)N(Cc3cccnc3)C[C@@]23C=C[C@@H]1O3. The molecule has 156 valence electrons. The van der Waals surface area contributed by atoms with Gasteiger partial charge >= 0.3 is 0 Å². The Labute approximate surface area is 173 Å². The maximum absolute atomic E-state index is 13.5. The number of carbonyl (C=O) groups is 2. The van der Waals surface area contributed by atoms with Crippen molar-refractivity contribution in [2.45, 2.75) is 38.6 Å². The molecule has 1 spiro atoms. The lowest BCUT2D eigenvalue weighted by atomic mass is 9.76. The molecule has 0 N–H and O–H groups in total. The second-order valence-electron chi connectivity index (χ2n) is 8.04. The van der Waals surface area contributed by atoms with Crippen LogP contribution in [0.3, 0.4) is 0 Å². The fourth-order valence-electron chi connectivity index (χ4n) is 4.84. The number of hydrogen-bond donors (Lipinski definition) is 0. The summed E-state index contributed by atoms with van der Waals surface area (Å²) in [7, 11) is 0. The van der Waals surface area contributed by atoms with Gasteiger partial charge in [-0.1, -0.05) is 23.4 Å². The van der Waals surface area contributed by atoms with Crippen molar-refractivity contribution in [1.29, 1.82) is 0 Å². The lowest BCUT2D eigenvalue weighted by molar-refractivity contribution is -0.143. The van der Waals surface area contributed by atoms with Gasteiger partial charge in [-0.15, -0.1) is 0 Å². The molecule has 3 aliphatic rings. The van der Waals surface area contributed by atoms with Crippen LogP contribution in [0.15, 0.2) is 41.2 Å². The van der Waals surface area contributed by atoms with Crippen molar-refractivity contribution >= 4 is 11.8 Å². The molecule has 30 heavy (non-hydrogen) atoms. The van der Waals surface area contributed by atoms with Crippen LogP contribution in [0.25, 0.3) is 0 Å². The average molecular weight is 409 g/mol. The number of amides is 2. The molecule has 2 aromatic heterocycles. The number of ether oxygens (including phenoxy) is 1. The third-order valence-corrected chi connectivity index (χ3v) is 6.16. The van der Waals surface area contributed by atoms with Gasteiger partial charge in [-0.05, 0) is 18.6 Å². The van der Waals surface area contributed by atoms with Gasteiger partial charge in [-0.2, -0.15) is 4.98 Å². The largest absolute Gasteiger partial charge is 0.360 e. The number of aryl methyl sites for hydroxylation is 1. The molecular weight excluding hydrogens is 386 g/mol. The maximum atomic E-state index is 13.5. The van der Waals surface area contributed by atoms with E-state index in [1.54, 1.807) is 29.1 Å². The van der Waals surface area contributed by atoms with Crippen LogP contribution in [0.4, 0.5) is 0 Å². The lowest BCUT2D eigenvalue weighted by Crippen LogP contribution is -2.45. The molecule has 2 bridgehead atoms. The van der Waals surface area contributed by atoms with Crippen molar-refractivity contribution in [1.82, 2.24) is 24.9 Å². The van der Waals surface area contributed by atoms with Crippen LogP contribution in [-0.4, -0.2) is 61.5 Å². The van der Waals surface area contributed by atoms with Crippen LogP contribution >= 0.6 is 0 Å². The van der Waals surface area contributed by atoms with Crippen molar-refractivity contribution in [2.75, 3.05) is 13.1 Å². The number of carbonyl (C=O) groups excluding carboxylic acids is 2. The fourth-order valence-corrected chi connectivity index (χ4v) is 4.84. The third kappa shape index (κ3) is 2.92. The summed E-state index contributed by atoms with van der Waals surface area (Å²) in [6, 6.07) is 3.79. The van der Waals surface area contributed by atoms with Crippen molar-refractivity contribution < 1.29 is 18.8 Å². The molecule has 2 saturated heterocycles. The van der Waals surface area contributed by atoms with Crippen molar-refractivity contribution in [3.8, 4) is 0 Å². The molecule has 2 aromatic rings. The van der Waals surface area contributed by atoms with Gasteiger partial charge in [0.15, 0.2) is 5.82 Å². The van der Waals surface area contributed by atoms with Crippen LogP contribution < -0.4 is 0 Å². The molecule has 0 saturated carbocycles. The van der Waals surface area contributed by atoms with Crippen LogP contribution in [0.2, 0.25) is 0 Å². The van der Waals surface area contributed by atoms with Crippen LogP contribution in [-0.2, 0) is 27.4 Å². The van der Waals surface area contributed by atoms with E-state index in [1.807, 2.05) is 31.2 Å². The predicted molar refractivity (Wildman–Crippen MR) is 104 cm³/mol. The number of likely N-dealkylation sites (tertiary alicyclic amines) is 1. The van der Waals surface area contributed by atoms with Gasteiger partial charge in [0.05, 0.1) is 31.0 Å². The maximum Gasteiger partial charge on any atom is 0.230 e. The van der Waals surface area contributed by atoms with E-state index in [1.165, 1.54) is 0 Å². The first-order chi connectivity index (χ1) is 14.5. The molecule has 0 aromatic carbocycles. The van der Waals surface area contributed by atoms with Crippen molar-refractivity contribution in [2.24, 2.45) is 11.8 Å². The van der Waals surface area contributed by atoms with Gasteiger partial charge < -0.3 is 19.1 Å². The Bertz CT molecular complexity index is 1010. The lowest BCUT2D eigenvalue weighted by Gasteiger charge is -2.28. The second kappa shape index (κ2) is 7.02. The molecular formula is C21H23N5O4. The number of rotatable bonds is 6. The molecule has 2 unspecified atom stereocenters. The van der Waals surface area contributed by atoms with Gasteiger partial charge in [0.1, 0.15) is 5.60 Å². The smallest absolute Gasteiger partial charge is 0.230 e. The first-order valence-corrected chi connectivity index (χ1v) is 10.1. The topological polar surface area (TPSA) is 102 Å². The van der Waals surface area contributed by atoms with Crippen LogP contribution in [0.5, 0.6) is 0 Å². The minimum absolute atomic E-state index is 0.0458. The van der Waals surface area contributed by atoms with E-state index in [0.717, 1.165) is 5.56 Å². The van der Waals surface area contributed by atoms with E-state index in [2.05, 4.69) is 15.1 Å². The highest BCUT2D eigenvalue weighted by Crippen LogP contribution is 2.52. The number of hydrogen-bond acceptors (Lipinski definition) is 7. The molecule has 0 aliphatic carbocycles. The van der Waals surface area contributed by atoms with Gasteiger partial charge in [-0.25, -0.2) is 0 Å². The zero-order valence-corrected chi connectivity index (χ0v) is 16.9. The normalized spacial score (nSPS) is 28.9. The highest BCUT2D eigenvalue weighted by molar-refractivity contribution is 5.93. The van der Waals surface area contributed by atoms with Gasteiger partial charge in [0.25, 0.3) is 0 Å². The summed E-state index contributed by atoms with van der Waals surface area (Å²) in [4.78, 5) is 38.6.